The zero-order valence-corrected chi connectivity index (χ0v) is 15.8. The van der Waals surface area contributed by atoms with Gasteiger partial charge >= 0.3 is 0 Å². The van der Waals surface area contributed by atoms with Gasteiger partial charge in [0, 0.05) is 16.2 Å². The predicted octanol–water partition coefficient (Wildman–Crippen LogP) is 6.09. The van der Waals surface area contributed by atoms with E-state index in [9.17, 15) is 0 Å². The molecule has 0 N–H and O–H groups in total. The largest absolute Gasteiger partial charge is 0.301 e. The van der Waals surface area contributed by atoms with Gasteiger partial charge in [-0.25, -0.2) is 0 Å². The van der Waals surface area contributed by atoms with E-state index < -0.39 is 0 Å². The van der Waals surface area contributed by atoms with Crippen molar-refractivity contribution < 1.29 is 0 Å². The first-order valence-corrected chi connectivity index (χ1v) is 10.1. The molecule has 1 fully saturated rings. The molecule has 0 radical (unpaired) electrons. The molecule has 2 atom stereocenters. The summed E-state index contributed by atoms with van der Waals surface area (Å²) in [5.74, 6) is 0. The molecule has 2 heteroatoms. The smallest absolute Gasteiger partial charge is 0.0356 e. The number of aryl methyl sites for hydroxylation is 1. The molecule has 128 valence electrons. The van der Waals surface area contributed by atoms with E-state index in [1.165, 1.54) is 54.8 Å². The van der Waals surface area contributed by atoms with E-state index in [4.69, 9.17) is 0 Å². The second kappa shape index (κ2) is 8.73. The molecule has 0 saturated carbocycles. The van der Waals surface area contributed by atoms with Crippen molar-refractivity contribution in [1.29, 1.82) is 0 Å². The Bertz CT molecular complexity index is 608. The van der Waals surface area contributed by atoms with Gasteiger partial charge in [0.1, 0.15) is 0 Å². The number of hydrogen-bond donors (Lipinski definition) is 0. The van der Waals surface area contributed by atoms with Crippen LogP contribution in [0.15, 0.2) is 59.5 Å². The van der Waals surface area contributed by atoms with E-state index in [0.717, 1.165) is 6.04 Å². The molecule has 3 rings (SSSR count). The van der Waals surface area contributed by atoms with E-state index in [0.29, 0.717) is 5.25 Å². The molecule has 2 aromatic rings. The van der Waals surface area contributed by atoms with E-state index in [-0.39, 0.29) is 0 Å². The fourth-order valence-corrected chi connectivity index (χ4v) is 4.65. The van der Waals surface area contributed by atoms with E-state index >= 15 is 0 Å². The van der Waals surface area contributed by atoms with Crippen LogP contribution in [0.1, 0.15) is 49.0 Å². The lowest BCUT2D eigenvalue weighted by Gasteiger charge is -2.34. The first kappa shape index (κ1) is 17.6. The monoisotopic (exact) mass is 339 g/mol. The Morgan fingerprint density at radius 3 is 2.50 bits per heavy atom. The number of nitrogens with zero attached hydrogens (tertiary/aromatic N) is 1. The van der Waals surface area contributed by atoms with Crippen LogP contribution in [-0.4, -0.2) is 24.0 Å². The second-order valence-corrected chi connectivity index (χ2v) is 8.28. The average molecular weight is 340 g/mol. The summed E-state index contributed by atoms with van der Waals surface area (Å²) in [5, 5.41) is 0.531. The highest BCUT2D eigenvalue weighted by atomic mass is 32.2. The summed E-state index contributed by atoms with van der Waals surface area (Å²) in [4.78, 5) is 4.07. The lowest BCUT2D eigenvalue weighted by atomic mass is 10.0. The van der Waals surface area contributed by atoms with Crippen molar-refractivity contribution in [2.24, 2.45) is 0 Å². The maximum Gasteiger partial charge on any atom is 0.0356 e. The van der Waals surface area contributed by atoms with Gasteiger partial charge < -0.3 is 4.90 Å². The van der Waals surface area contributed by atoms with Crippen molar-refractivity contribution in [3.8, 4) is 0 Å². The summed E-state index contributed by atoms with van der Waals surface area (Å²) in [6, 6.07) is 20.7. The zero-order chi connectivity index (χ0) is 16.8. The van der Waals surface area contributed by atoms with Crippen LogP contribution >= 0.6 is 11.8 Å². The van der Waals surface area contributed by atoms with Gasteiger partial charge in [0.25, 0.3) is 0 Å². The Kier molecular flexibility index (Phi) is 6.39. The van der Waals surface area contributed by atoms with Crippen molar-refractivity contribution in [3.63, 3.8) is 0 Å². The molecule has 24 heavy (non-hydrogen) atoms. The topological polar surface area (TPSA) is 3.24 Å². The Morgan fingerprint density at radius 2 is 1.79 bits per heavy atom. The predicted molar refractivity (Wildman–Crippen MR) is 106 cm³/mol. The highest BCUT2D eigenvalue weighted by Gasteiger charge is 2.20. The van der Waals surface area contributed by atoms with Gasteiger partial charge in [0.15, 0.2) is 0 Å². The third kappa shape index (κ3) is 4.87. The summed E-state index contributed by atoms with van der Waals surface area (Å²) < 4.78 is 0. The molecule has 1 saturated heterocycles. The molecule has 1 nitrogen and oxygen atoms in total. The number of likely N-dealkylation sites (tertiary alicyclic amines) is 1. The number of rotatable bonds is 6. The second-order valence-electron chi connectivity index (χ2n) is 7.00. The van der Waals surface area contributed by atoms with Crippen LogP contribution in [0.25, 0.3) is 0 Å². The van der Waals surface area contributed by atoms with Crippen molar-refractivity contribution >= 4 is 11.8 Å². The van der Waals surface area contributed by atoms with Gasteiger partial charge in [-0.15, -0.1) is 11.8 Å². The minimum absolute atomic E-state index is 0.531. The van der Waals surface area contributed by atoms with Crippen LogP contribution in [0.5, 0.6) is 0 Å². The summed E-state index contributed by atoms with van der Waals surface area (Å²) in [6.45, 7) is 7.03. The van der Waals surface area contributed by atoms with Gasteiger partial charge in [0.05, 0.1) is 0 Å². The average Bonchev–Trinajstić information content (AvgIpc) is 2.62. The lowest BCUT2D eigenvalue weighted by molar-refractivity contribution is 0.159. The van der Waals surface area contributed by atoms with Gasteiger partial charge in [-0.1, -0.05) is 54.4 Å². The number of thioether (sulfide) groups is 1. The van der Waals surface area contributed by atoms with Gasteiger partial charge in [-0.3, -0.25) is 0 Å². The quantitative estimate of drug-likeness (QED) is 0.586. The molecule has 0 spiro atoms. The third-order valence-corrected chi connectivity index (χ3v) is 6.43. The fraction of sp³-hybridized carbons (Fsp3) is 0.455. The molecule has 0 amide bonds. The maximum absolute atomic E-state index is 2.69. The molecule has 0 bridgehead atoms. The SMILES string of the molecule is Cc1ccc(SC(CCN2CCCCC2C)c2ccccc2)cc1. The minimum Gasteiger partial charge on any atom is -0.301 e. The standard InChI is InChI=1S/C22H29NS/c1-18-11-13-21(14-12-18)24-22(20-9-4-3-5-10-20)15-17-23-16-7-6-8-19(23)2/h3-5,9-14,19,22H,6-8,15-17H2,1-2H3. The highest BCUT2D eigenvalue weighted by molar-refractivity contribution is 7.99. The van der Waals surface area contributed by atoms with E-state index in [2.05, 4.69) is 73.3 Å². The summed E-state index contributed by atoms with van der Waals surface area (Å²) in [5.41, 5.74) is 2.78. The number of piperidine rings is 1. The molecule has 1 aliphatic heterocycles. The summed E-state index contributed by atoms with van der Waals surface area (Å²) in [6.07, 6.45) is 5.34. The first-order chi connectivity index (χ1) is 11.7. The Labute approximate surface area is 151 Å². The summed E-state index contributed by atoms with van der Waals surface area (Å²) in [7, 11) is 0. The molecule has 1 aliphatic rings. The van der Waals surface area contributed by atoms with Crippen molar-refractivity contribution in [2.45, 2.75) is 55.7 Å². The number of hydrogen-bond acceptors (Lipinski definition) is 2. The molecule has 2 aromatic carbocycles. The van der Waals surface area contributed by atoms with Gasteiger partial charge in [-0.05, 0) is 63.9 Å². The summed E-state index contributed by atoms with van der Waals surface area (Å²) >= 11 is 2.01. The highest BCUT2D eigenvalue weighted by Crippen LogP contribution is 2.38. The van der Waals surface area contributed by atoms with Crippen LogP contribution in [0.2, 0.25) is 0 Å². The van der Waals surface area contributed by atoms with Crippen LogP contribution in [0, 0.1) is 6.92 Å². The lowest BCUT2D eigenvalue weighted by Crippen LogP contribution is -2.38. The maximum atomic E-state index is 2.69. The van der Waals surface area contributed by atoms with E-state index in [1.807, 2.05) is 11.8 Å². The van der Waals surface area contributed by atoms with Crippen molar-refractivity contribution in [2.75, 3.05) is 13.1 Å². The molecule has 2 unspecified atom stereocenters. The minimum atomic E-state index is 0.531. The third-order valence-electron chi connectivity index (χ3n) is 5.09. The van der Waals surface area contributed by atoms with Crippen LogP contribution in [0.3, 0.4) is 0 Å². The fourth-order valence-electron chi connectivity index (χ4n) is 3.52. The zero-order valence-electron chi connectivity index (χ0n) is 14.9. The van der Waals surface area contributed by atoms with E-state index in [1.54, 1.807) is 0 Å². The molecule has 0 aromatic heterocycles. The first-order valence-electron chi connectivity index (χ1n) is 9.25. The molecule has 0 aliphatic carbocycles. The van der Waals surface area contributed by atoms with Crippen molar-refractivity contribution in [3.05, 3.63) is 65.7 Å². The number of benzene rings is 2. The Morgan fingerprint density at radius 1 is 1.04 bits per heavy atom. The Hall–Kier alpha value is -1.25. The molecular weight excluding hydrogens is 310 g/mol. The van der Waals surface area contributed by atoms with Crippen LogP contribution in [-0.2, 0) is 0 Å². The van der Waals surface area contributed by atoms with Crippen LogP contribution < -0.4 is 0 Å². The molecular formula is C22H29NS. The normalized spacial score (nSPS) is 20.0. The Balaban J connectivity index is 1.69. The van der Waals surface area contributed by atoms with Gasteiger partial charge in [0.2, 0.25) is 0 Å². The van der Waals surface area contributed by atoms with Crippen molar-refractivity contribution in [1.82, 2.24) is 4.90 Å². The molecule has 1 heterocycles. The van der Waals surface area contributed by atoms with Gasteiger partial charge in [-0.2, -0.15) is 0 Å². The van der Waals surface area contributed by atoms with Crippen LogP contribution in [0.4, 0.5) is 0 Å².